The second-order valence-electron chi connectivity index (χ2n) is 4.77. The first kappa shape index (κ1) is 15.5. The molecule has 1 aromatic heterocycles. The predicted octanol–water partition coefficient (Wildman–Crippen LogP) is 3.01. The number of halogens is 1. The fourth-order valence-corrected chi connectivity index (χ4v) is 3.31. The maximum Gasteiger partial charge on any atom is 0.265 e. The van der Waals surface area contributed by atoms with Crippen LogP contribution in [-0.4, -0.2) is 19.3 Å². The Bertz CT molecular complexity index is 989. The van der Waals surface area contributed by atoms with Gasteiger partial charge >= 0.3 is 0 Å². The standard InChI is InChI=1S/C16H11ClN2O3S/c17-14-8-9-18-15-10-11(6-7-13(14)15)16(20)19-23(21,22)12-4-2-1-3-5-12/h1-10H,(H,19,20). The number of carbonyl (C=O) groups is 1. The fraction of sp³-hybridized carbons (Fsp3) is 0. The molecule has 0 spiro atoms. The minimum atomic E-state index is -3.92. The zero-order valence-corrected chi connectivity index (χ0v) is 13.3. The van der Waals surface area contributed by atoms with Crippen LogP contribution < -0.4 is 4.72 Å². The van der Waals surface area contributed by atoms with Crippen LogP contribution in [0.2, 0.25) is 5.02 Å². The van der Waals surface area contributed by atoms with E-state index >= 15 is 0 Å². The van der Waals surface area contributed by atoms with Gasteiger partial charge in [0.25, 0.3) is 15.9 Å². The molecule has 1 heterocycles. The number of fused-ring (bicyclic) bond motifs is 1. The second kappa shape index (κ2) is 5.98. The van der Waals surface area contributed by atoms with Crippen LogP contribution in [0.5, 0.6) is 0 Å². The Morgan fingerprint density at radius 1 is 1.04 bits per heavy atom. The molecule has 5 nitrogen and oxygen atoms in total. The van der Waals surface area contributed by atoms with Crippen LogP contribution in [0.1, 0.15) is 10.4 Å². The van der Waals surface area contributed by atoms with E-state index < -0.39 is 15.9 Å². The molecule has 23 heavy (non-hydrogen) atoms. The van der Waals surface area contributed by atoms with Crippen molar-refractivity contribution in [2.45, 2.75) is 4.90 Å². The number of benzene rings is 2. The smallest absolute Gasteiger partial charge is 0.265 e. The van der Waals surface area contributed by atoms with Gasteiger partial charge in [-0.1, -0.05) is 35.9 Å². The predicted molar refractivity (Wildman–Crippen MR) is 87.8 cm³/mol. The Kier molecular flexibility index (Phi) is 4.02. The number of rotatable bonds is 3. The second-order valence-corrected chi connectivity index (χ2v) is 6.86. The molecule has 0 aliphatic rings. The Labute approximate surface area is 138 Å². The number of amides is 1. The van der Waals surface area contributed by atoms with Gasteiger partial charge in [-0.2, -0.15) is 0 Å². The van der Waals surface area contributed by atoms with E-state index in [0.29, 0.717) is 15.9 Å². The van der Waals surface area contributed by atoms with E-state index in [1.165, 1.54) is 30.5 Å². The highest BCUT2D eigenvalue weighted by Crippen LogP contribution is 2.22. The van der Waals surface area contributed by atoms with E-state index in [1.807, 2.05) is 4.72 Å². The van der Waals surface area contributed by atoms with Crippen molar-refractivity contribution in [3.8, 4) is 0 Å². The summed E-state index contributed by atoms with van der Waals surface area (Å²) in [5.41, 5.74) is 0.703. The van der Waals surface area contributed by atoms with E-state index in [0.717, 1.165) is 0 Å². The van der Waals surface area contributed by atoms with Crippen molar-refractivity contribution in [3.05, 3.63) is 71.4 Å². The maximum absolute atomic E-state index is 12.2. The minimum Gasteiger partial charge on any atom is -0.268 e. The number of sulfonamides is 1. The number of hydrogen-bond acceptors (Lipinski definition) is 4. The minimum absolute atomic E-state index is 0.0234. The molecule has 0 aliphatic heterocycles. The number of nitrogens with zero attached hydrogens (tertiary/aromatic N) is 1. The molecule has 116 valence electrons. The van der Waals surface area contributed by atoms with Gasteiger partial charge in [-0.25, -0.2) is 13.1 Å². The topological polar surface area (TPSA) is 76.1 Å². The van der Waals surface area contributed by atoms with E-state index in [-0.39, 0.29) is 10.5 Å². The molecule has 0 saturated carbocycles. The zero-order chi connectivity index (χ0) is 16.4. The van der Waals surface area contributed by atoms with Crippen LogP contribution in [0.15, 0.2) is 65.7 Å². The average Bonchev–Trinajstić information content (AvgIpc) is 2.55. The van der Waals surface area contributed by atoms with Crippen molar-refractivity contribution in [2.24, 2.45) is 0 Å². The normalized spacial score (nSPS) is 11.3. The van der Waals surface area contributed by atoms with Gasteiger partial charge in [0, 0.05) is 17.1 Å². The van der Waals surface area contributed by atoms with Crippen molar-refractivity contribution in [2.75, 3.05) is 0 Å². The summed E-state index contributed by atoms with van der Waals surface area (Å²) >= 11 is 6.04. The third kappa shape index (κ3) is 3.18. The first-order valence-electron chi connectivity index (χ1n) is 6.64. The quantitative estimate of drug-likeness (QED) is 0.791. The summed E-state index contributed by atoms with van der Waals surface area (Å²) in [4.78, 5) is 16.4. The van der Waals surface area contributed by atoms with Crippen LogP contribution in [0.25, 0.3) is 10.9 Å². The first-order chi connectivity index (χ1) is 11.0. The summed E-state index contributed by atoms with van der Waals surface area (Å²) in [6.07, 6.45) is 1.52. The van der Waals surface area contributed by atoms with E-state index in [4.69, 9.17) is 11.6 Å². The van der Waals surface area contributed by atoms with Crippen molar-refractivity contribution in [1.29, 1.82) is 0 Å². The Hall–Kier alpha value is -2.44. The van der Waals surface area contributed by atoms with Gasteiger partial charge in [0.2, 0.25) is 0 Å². The lowest BCUT2D eigenvalue weighted by Gasteiger charge is -2.07. The highest BCUT2D eigenvalue weighted by molar-refractivity contribution is 7.90. The van der Waals surface area contributed by atoms with Gasteiger partial charge < -0.3 is 0 Å². The highest BCUT2D eigenvalue weighted by atomic mass is 35.5. The van der Waals surface area contributed by atoms with E-state index in [1.54, 1.807) is 30.3 Å². The monoisotopic (exact) mass is 346 g/mol. The third-order valence-corrected chi connectivity index (χ3v) is 4.91. The van der Waals surface area contributed by atoms with Crippen molar-refractivity contribution < 1.29 is 13.2 Å². The molecule has 0 unspecified atom stereocenters. The first-order valence-corrected chi connectivity index (χ1v) is 8.50. The molecule has 0 radical (unpaired) electrons. The zero-order valence-electron chi connectivity index (χ0n) is 11.7. The molecule has 0 aliphatic carbocycles. The van der Waals surface area contributed by atoms with Crippen molar-refractivity contribution in [3.63, 3.8) is 0 Å². The lowest BCUT2D eigenvalue weighted by Crippen LogP contribution is -2.30. The van der Waals surface area contributed by atoms with Gasteiger partial charge in [-0.15, -0.1) is 0 Å². The van der Waals surface area contributed by atoms with Crippen LogP contribution in [-0.2, 0) is 10.0 Å². The molecule has 0 saturated heterocycles. The molecular formula is C16H11ClN2O3S. The maximum atomic E-state index is 12.2. The molecule has 0 fully saturated rings. The lowest BCUT2D eigenvalue weighted by molar-refractivity contribution is 0.0981. The average molecular weight is 347 g/mol. The Balaban J connectivity index is 1.92. The van der Waals surface area contributed by atoms with Crippen LogP contribution in [0.4, 0.5) is 0 Å². The Morgan fingerprint density at radius 3 is 2.52 bits per heavy atom. The van der Waals surface area contributed by atoms with Gasteiger partial charge in [-0.05, 0) is 30.3 Å². The molecular weight excluding hydrogens is 336 g/mol. The van der Waals surface area contributed by atoms with Crippen LogP contribution in [0.3, 0.4) is 0 Å². The van der Waals surface area contributed by atoms with Gasteiger partial charge in [0.1, 0.15) is 0 Å². The number of pyridine rings is 1. The number of aromatic nitrogens is 1. The summed E-state index contributed by atoms with van der Waals surface area (Å²) in [5.74, 6) is -0.725. The Morgan fingerprint density at radius 2 is 1.78 bits per heavy atom. The van der Waals surface area contributed by atoms with Crippen molar-refractivity contribution in [1.82, 2.24) is 9.71 Å². The molecule has 1 N–H and O–H groups in total. The molecule has 0 atom stereocenters. The lowest BCUT2D eigenvalue weighted by atomic mass is 10.1. The molecule has 3 aromatic rings. The summed E-state index contributed by atoms with van der Waals surface area (Å²) in [6.45, 7) is 0. The number of nitrogens with one attached hydrogen (secondary N) is 1. The molecule has 7 heteroatoms. The largest absolute Gasteiger partial charge is 0.268 e. The molecule has 3 rings (SSSR count). The number of hydrogen-bond donors (Lipinski definition) is 1. The third-order valence-electron chi connectivity index (χ3n) is 3.23. The van der Waals surface area contributed by atoms with Crippen molar-refractivity contribution >= 4 is 38.4 Å². The highest BCUT2D eigenvalue weighted by Gasteiger charge is 2.18. The number of carbonyl (C=O) groups excluding carboxylic acids is 1. The fourth-order valence-electron chi connectivity index (χ4n) is 2.09. The van der Waals surface area contributed by atoms with Gasteiger partial charge in [0.05, 0.1) is 15.4 Å². The van der Waals surface area contributed by atoms with Gasteiger partial charge in [-0.3, -0.25) is 9.78 Å². The molecule has 0 bridgehead atoms. The SMILES string of the molecule is O=C(NS(=O)(=O)c1ccccc1)c1ccc2c(Cl)ccnc2c1. The van der Waals surface area contributed by atoms with Crippen LogP contribution >= 0.6 is 11.6 Å². The van der Waals surface area contributed by atoms with E-state index in [9.17, 15) is 13.2 Å². The summed E-state index contributed by atoms with van der Waals surface area (Å²) in [6, 6.07) is 14.0. The van der Waals surface area contributed by atoms with E-state index in [2.05, 4.69) is 4.98 Å². The van der Waals surface area contributed by atoms with Crippen LogP contribution in [0, 0.1) is 0 Å². The summed E-state index contributed by atoms with van der Waals surface area (Å²) in [5, 5.41) is 1.20. The molecule has 2 aromatic carbocycles. The van der Waals surface area contributed by atoms with Gasteiger partial charge in [0.15, 0.2) is 0 Å². The molecule has 1 amide bonds. The summed E-state index contributed by atoms with van der Waals surface area (Å²) in [7, 11) is -3.92. The summed E-state index contributed by atoms with van der Waals surface area (Å²) < 4.78 is 26.4.